The monoisotopic (exact) mass is 466 g/mol. The zero-order valence-corrected chi connectivity index (χ0v) is 16.9. The summed E-state index contributed by atoms with van der Waals surface area (Å²) < 4.78 is 35.2. The van der Waals surface area contributed by atoms with Crippen molar-refractivity contribution < 1.29 is 22.7 Å². The number of anilines is 1. The number of aromatic nitrogens is 3. The topological polar surface area (TPSA) is 112 Å². The molecule has 4 rings (SSSR count). The van der Waals surface area contributed by atoms with Crippen LogP contribution in [0.1, 0.15) is 5.56 Å². The molecule has 4 aromatic rings. The van der Waals surface area contributed by atoms with Crippen LogP contribution in [0.25, 0.3) is 15.9 Å². The highest BCUT2D eigenvalue weighted by atomic mass is 79.9. The second-order valence-electron chi connectivity index (χ2n) is 5.65. The van der Waals surface area contributed by atoms with Crippen LogP contribution in [0.2, 0.25) is 0 Å². The first-order valence-electron chi connectivity index (χ1n) is 7.58. The van der Waals surface area contributed by atoms with Gasteiger partial charge in [-0.3, -0.25) is 0 Å². The summed E-state index contributed by atoms with van der Waals surface area (Å²) in [6, 6.07) is 12.2. The van der Waals surface area contributed by atoms with Crippen molar-refractivity contribution in [3.05, 3.63) is 52.5 Å². The van der Waals surface area contributed by atoms with E-state index in [0.717, 1.165) is 30.8 Å². The van der Waals surface area contributed by atoms with E-state index in [9.17, 15) is 13.5 Å². The van der Waals surface area contributed by atoms with Crippen molar-refractivity contribution in [2.24, 2.45) is 0 Å². The number of sulfonamides is 1. The van der Waals surface area contributed by atoms with Crippen LogP contribution in [0.15, 0.2) is 56.5 Å². The number of hydrogen-bond acceptors (Lipinski definition) is 7. The van der Waals surface area contributed by atoms with Crippen LogP contribution in [0, 0.1) is 6.92 Å². The normalized spacial score (nSPS) is 11.8. The molecule has 0 fully saturated rings. The van der Waals surface area contributed by atoms with Crippen LogP contribution >= 0.6 is 27.3 Å². The Kier molecular flexibility index (Phi) is 4.36. The van der Waals surface area contributed by atoms with Crippen molar-refractivity contribution in [3.63, 3.8) is 0 Å². The molecule has 2 heterocycles. The smallest absolute Gasteiger partial charge is 0.373 e. The predicted molar refractivity (Wildman–Crippen MR) is 100 cm³/mol. The van der Waals surface area contributed by atoms with Gasteiger partial charge in [0.25, 0.3) is 0 Å². The zero-order chi connectivity index (χ0) is 19.2. The lowest BCUT2D eigenvalue weighted by molar-refractivity contribution is -0.706. The number of nitrogens with one attached hydrogen (secondary N) is 1. The fourth-order valence-electron chi connectivity index (χ4n) is 2.42. The minimum atomic E-state index is -4.27. The second-order valence-corrected chi connectivity index (χ2v) is 9.19. The highest BCUT2D eigenvalue weighted by Crippen LogP contribution is 2.30. The highest BCUT2D eigenvalue weighted by Gasteiger charge is 2.34. The van der Waals surface area contributed by atoms with Gasteiger partial charge in [-0.1, -0.05) is 45.0 Å². The molecule has 11 heteroatoms. The number of aryl methyl sites for hydroxylation is 1. The standard InChI is InChI=1S/C16H11BrN4O4S2/c1-9-2-5-11(6-3-9)21-14(15(22)25-20-21)27(23,24)19-16-18-12-7-4-10(17)8-13(12)26-16/h2-8H,1H3,(H-,18,19,20,22). The fraction of sp³-hybridized carbons (Fsp3) is 0.0625. The van der Waals surface area contributed by atoms with Crippen LogP contribution < -0.4 is 14.5 Å². The molecule has 0 amide bonds. The Balaban J connectivity index is 1.75. The van der Waals surface area contributed by atoms with Crippen molar-refractivity contribution in [1.29, 1.82) is 0 Å². The van der Waals surface area contributed by atoms with Crippen molar-refractivity contribution in [1.82, 2.24) is 10.3 Å². The van der Waals surface area contributed by atoms with Gasteiger partial charge in [-0.15, -0.1) is 0 Å². The van der Waals surface area contributed by atoms with Gasteiger partial charge in [-0.25, -0.2) is 9.71 Å². The minimum Gasteiger partial charge on any atom is -0.538 e. The van der Waals surface area contributed by atoms with Gasteiger partial charge in [0.2, 0.25) is 5.69 Å². The van der Waals surface area contributed by atoms with Crippen molar-refractivity contribution in [3.8, 4) is 11.6 Å². The van der Waals surface area contributed by atoms with Gasteiger partial charge in [0, 0.05) is 16.6 Å². The molecule has 0 aliphatic rings. The maximum atomic E-state index is 12.8. The van der Waals surface area contributed by atoms with E-state index in [4.69, 9.17) is 0 Å². The molecule has 2 aromatic heterocycles. The molecule has 0 aliphatic carbocycles. The van der Waals surface area contributed by atoms with E-state index in [-0.39, 0.29) is 5.13 Å². The summed E-state index contributed by atoms with van der Waals surface area (Å²) in [6.07, 6.45) is 0. The van der Waals surface area contributed by atoms with Crippen LogP contribution in [-0.2, 0) is 10.0 Å². The molecule has 1 N–H and O–H groups in total. The Morgan fingerprint density at radius 3 is 2.70 bits per heavy atom. The first-order chi connectivity index (χ1) is 12.8. The van der Waals surface area contributed by atoms with Gasteiger partial charge in [0.15, 0.2) is 11.1 Å². The number of fused-ring (bicyclic) bond motifs is 1. The highest BCUT2D eigenvalue weighted by molar-refractivity contribution is 9.10. The van der Waals surface area contributed by atoms with E-state index in [1.807, 2.05) is 13.0 Å². The van der Waals surface area contributed by atoms with E-state index >= 15 is 0 Å². The lowest BCUT2D eigenvalue weighted by Crippen LogP contribution is -2.40. The summed E-state index contributed by atoms with van der Waals surface area (Å²) in [5, 5.41) is 15.1. The van der Waals surface area contributed by atoms with E-state index in [2.05, 4.69) is 35.4 Å². The van der Waals surface area contributed by atoms with E-state index in [1.54, 1.807) is 36.4 Å². The lowest BCUT2D eigenvalue weighted by atomic mass is 10.2. The van der Waals surface area contributed by atoms with Crippen molar-refractivity contribution in [2.75, 3.05) is 4.72 Å². The van der Waals surface area contributed by atoms with E-state index in [0.29, 0.717) is 11.2 Å². The summed E-state index contributed by atoms with van der Waals surface area (Å²) in [5.74, 6) is -1.06. The molecular formula is C16H11BrN4O4S2. The number of benzene rings is 2. The van der Waals surface area contributed by atoms with Gasteiger partial charge in [-0.2, -0.15) is 8.42 Å². The molecule has 0 saturated heterocycles. The molecule has 0 saturated carbocycles. The number of hydrogen-bond donors (Lipinski definition) is 1. The van der Waals surface area contributed by atoms with Gasteiger partial charge in [0.1, 0.15) is 0 Å². The number of nitrogens with zero attached hydrogens (tertiary/aromatic N) is 3. The molecule has 0 atom stereocenters. The first kappa shape index (κ1) is 17.9. The Morgan fingerprint density at radius 2 is 1.96 bits per heavy atom. The third kappa shape index (κ3) is 3.40. The second kappa shape index (κ2) is 6.59. The molecule has 2 aromatic carbocycles. The van der Waals surface area contributed by atoms with Gasteiger partial charge >= 0.3 is 15.0 Å². The van der Waals surface area contributed by atoms with E-state index in [1.165, 1.54) is 0 Å². The van der Waals surface area contributed by atoms with Crippen molar-refractivity contribution >= 4 is 52.6 Å². The Bertz CT molecular complexity index is 1250. The zero-order valence-electron chi connectivity index (χ0n) is 13.7. The number of thiazole rings is 1. The summed E-state index contributed by atoms with van der Waals surface area (Å²) in [7, 11) is -4.27. The third-order valence-corrected chi connectivity index (χ3v) is 6.54. The summed E-state index contributed by atoms with van der Waals surface area (Å²) in [5.41, 5.74) is 2.01. The summed E-state index contributed by atoms with van der Waals surface area (Å²) in [4.78, 5) is 4.24. The van der Waals surface area contributed by atoms with Gasteiger partial charge < -0.3 is 9.63 Å². The quantitative estimate of drug-likeness (QED) is 0.462. The SMILES string of the molecule is Cc1ccc(-[n+]2noc([O-])c2S(=O)(=O)Nc2nc3ccc(Br)cc3s2)cc1. The van der Waals surface area contributed by atoms with Crippen LogP contribution in [0.3, 0.4) is 0 Å². The van der Waals surface area contributed by atoms with Crippen LogP contribution in [0.4, 0.5) is 5.13 Å². The minimum absolute atomic E-state index is 0.138. The molecule has 27 heavy (non-hydrogen) atoms. The molecule has 138 valence electrons. The molecule has 0 unspecified atom stereocenters. The average molecular weight is 467 g/mol. The van der Waals surface area contributed by atoms with Crippen LogP contribution in [0.5, 0.6) is 5.95 Å². The Labute approximate surface area is 166 Å². The van der Waals surface area contributed by atoms with Gasteiger partial charge in [-0.05, 0) is 29.8 Å². The van der Waals surface area contributed by atoms with Crippen molar-refractivity contribution in [2.45, 2.75) is 11.9 Å². The van der Waals surface area contributed by atoms with Crippen LogP contribution in [-0.4, -0.2) is 18.7 Å². The molecular weight excluding hydrogens is 456 g/mol. The number of halogens is 1. The molecule has 0 radical (unpaired) electrons. The molecule has 0 aliphatic heterocycles. The largest absolute Gasteiger partial charge is 0.538 e. The molecule has 0 bridgehead atoms. The summed E-state index contributed by atoms with van der Waals surface area (Å²) in [6.45, 7) is 1.89. The van der Waals surface area contributed by atoms with E-state index < -0.39 is 21.0 Å². The van der Waals surface area contributed by atoms with Gasteiger partial charge in [0.05, 0.1) is 15.5 Å². The third-order valence-electron chi connectivity index (χ3n) is 3.68. The predicted octanol–water partition coefficient (Wildman–Crippen LogP) is 2.51. The average Bonchev–Trinajstić information content (AvgIpc) is 3.18. The maximum Gasteiger partial charge on any atom is 0.373 e. The summed E-state index contributed by atoms with van der Waals surface area (Å²) >= 11 is 4.51. The molecule has 8 nitrogen and oxygen atoms in total. The number of rotatable bonds is 4. The Morgan fingerprint density at radius 1 is 1.22 bits per heavy atom. The maximum absolute atomic E-state index is 12.8. The molecule has 0 spiro atoms. The Hall–Kier alpha value is -2.50. The first-order valence-corrected chi connectivity index (χ1v) is 10.7. The lowest BCUT2D eigenvalue weighted by Gasteiger charge is -2.02. The fourth-order valence-corrected chi connectivity index (χ4v) is 5.18.